The zero-order chi connectivity index (χ0) is 20.1. The number of benzene rings is 2. The van der Waals surface area contributed by atoms with E-state index in [4.69, 9.17) is 11.6 Å². The first-order valence-electron chi connectivity index (χ1n) is 8.44. The van der Waals surface area contributed by atoms with Crippen LogP contribution in [0, 0.1) is 5.82 Å². The maximum absolute atomic E-state index is 13.0. The lowest BCUT2D eigenvalue weighted by Gasteiger charge is -2.13. The summed E-state index contributed by atoms with van der Waals surface area (Å²) in [6.45, 7) is 0.242. The molecule has 0 radical (unpaired) electrons. The van der Waals surface area contributed by atoms with E-state index >= 15 is 0 Å². The van der Waals surface area contributed by atoms with Gasteiger partial charge in [-0.1, -0.05) is 35.9 Å². The molecule has 144 valence electrons. The number of hydrogen-bond acceptors (Lipinski definition) is 4. The molecule has 3 amide bonds. The molecule has 2 aromatic carbocycles. The maximum Gasteiger partial charge on any atom is 0.293 e. The van der Waals surface area contributed by atoms with Gasteiger partial charge in [-0.3, -0.25) is 19.3 Å². The van der Waals surface area contributed by atoms with Gasteiger partial charge in [-0.15, -0.1) is 0 Å². The van der Waals surface area contributed by atoms with E-state index in [1.165, 1.54) is 24.3 Å². The highest BCUT2D eigenvalue weighted by Crippen LogP contribution is 2.31. The minimum atomic E-state index is -0.425. The smallest absolute Gasteiger partial charge is 0.293 e. The first kappa shape index (κ1) is 20.1. The zero-order valence-corrected chi connectivity index (χ0v) is 16.2. The third-order valence-corrected chi connectivity index (χ3v) is 5.14. The van der Waals surface area contributed by atoms with Crippen LogP contribution in [0.4, 0.5) is 9.18 Å². The van der Waals surface area contributed by atoms with E-state index in [9.17, 15) is 18.8 Å². The van der Waals surface area contributed by atoms with Crippen LogP contribution in [0.3, 0.4) is 0 Å². The first-order valence-corrected chi connectivity index (χ1v) is 9.64. The molecule has 0 aromatic heterocycles. The lowest BCUT2D eigenvalue weighted by Crippen LogP contribution is -2.37. The molecular weight excluding hydrogens is 403 g/mol. The van der Waals surface area contributed by atoms with Gasteiger partial charge in [0, 0.05) is 18.1 Å². The highest BCUT2D eigenvalue weighted by Gasteiger charge is 2.34. The molecule has 0 bridgehead atoms. The quantitative estimate of drug-likeness (QED) is 0.723. The molecule has 0 atom stereocenters. The summed E-state index contributed by atoms with van der Waals surface area (Å²) in [5.41, 5.74) is 1.44. The average Bonchev–Trinajstić information content (AvgIpc) is 2.93. The van der Waals surface area contributed by atoms with Crippen molar-refractivity contribution >= 4 is 46.5 Å². The van der Waals surface area contributed by atoms with E-state index in [1.54, 1.807) is 30.3 Å². The summed E-state index contributed by atoms with van der Waals surface area (Å²) in [5.74, 6) is -1.01. The van der Waals surface area contributed by atoms with E-state index < -0.39 is 11.1 Å². The Bertz CT molecular complexity index is 929. The second kappa shape index (κ2) is 9.03. The predicted octanol–water partition coefficient (Wildman–Crippen LogP) is 3.87. The van der Waals surface area contributed by atoms with Crippen LogP contribution in [-0.4, -0.2) is 35.0 Å². The SMILES string of the molecule is O=C(Cc1ccc(Cl)cc1)NCCN1C(=O)S/C(=C\c2ccc(F)cc2)C1=O. The Morgan fingerprint density at radius 1 is 1.11 bits per heavy atom. The van der Waals surface area contributed by atoms with Crippen LogP contribution in [0.25, 0.3) is 6.08 Å². The van der Waals surface area contributed by atoms with Crippen molar-refractivity contribution < 1.29 is 18.8 Å². The fraction of sp³-hybridized carbons (Fsp3) is 0.150. The highest BCUT2D eigenvalue weighted by molar-refractivity contribution is 8.18. The molecule has 1 aliphatic heterocycles. The summed E-state index contributed by atoms with van der Waals surface area (Å²) in [6.07, 6.45) is 1.73. The molecule has 0 saturated carbocycles. The number of thioether (sulfide) groups is 1. The van der Waals surface area contributed by atoms with Gasteiger partial charge in [0.15, 0.2) is 0 Å². The van der Waals surface area contributed by atoms with Gasteiger partial charge in [0.2, 0.25) is 5.91 Å². The van der Waals surface area contributed by atoms with E-state index in [-0.39, 0.29) is 36.1 Å². The van der Waals surface area contributed by atoms with Crippen molar-refractivity contribution in [3.63, 3.8) is 0 Å². The predicted molar refractivity (Wildman–Crippen MR) is 107 cm³/mol. The fourth-order valence-electron chi connectivity index (χ4n) is 2.56. The molecule has 2 aromatic rings. The number of imide groups is 1. The number of nitrogens with one attached hydrogen (secondary N) is 1. The molecule has 1 aliphatic rings. The second-order valence-corrected chi connectivity index (χ2v) is 7.47. The summed E-state index contributed by atoms with van der Waals surface area (Å²) in [6, 6.07) is 12.6. The summed E-state index contributed by atoms with van der Waals surface area (Å²) < 4.78 is 13.0. The Morgan fingerprint density at radius 3 is 2.46 bits per heavy atom. The van der Waals surface area contributed by atoms with Gasteiger partial charge in [-0.2, -0.15) is 0 Å². The highest BCUT2D eigenvalue weighted by atomic mass is 35.5. The van der Waals surface area contributed by atoms with Crippen molar-refractivity contribution in [2.75, 3.05) is 13.1 Å². The number of amides is 3. The van der Waals surface area contributed by atoms with Gasteiger partial charge >= 0.3 is 0 Å². The van der Waals surface area contributed by atoms with E-state index in [1.807, 2.05) is 0 Å². The topological polar surface area (TPSA) is 66.5 Å². The lowest BCUT2D eigenvalue weighted by atomic mass is 10.1. The van der Waals surface area contributed by atoms with Gasteiger partial charge in [0.25, 0.3) is 11.1 Å². The maximum atomic E-state index is 13.0. The van der Waals surface area contributed by atoms with E-state index in [0.29, 0.717) is 10.6 Å². The molecule has 5 nitrogen and oxygen atoms in total. The monoisotopic (exact) mass is 418 g/mol. The van der Waals surface area contributed by atoms with Gasteiger partial charge in [0.05, 0.1) is 11.3 Å². The van der Waals surface area contributed by atoms with Crippen LogP contribution in [0.1, 0.15) is 11.1 Å². The minimum Gasteiger partial charge on any atom is -0.354 e. The van der Waals surface area contributed by atoms with Crippen molar-refractivity contribution in [3.8, 4) is 0 Å². The minimum absolute atomic E-state index is 0.0811. The largest absolute Gasteiger partial charge is 0.354 e. The molecule has 0 aliphatic carbocycles. The summed E-state index contributed by atoms with van der Waals surface area (Å²) in [7, 11) is 0. The number of carbonyl (C=O) groups is 3. The molecule has 1 fully saturated rings. The third kappa shape index (κ3) is 5.21. The number of rotatable bonds is 6. The average molecular weight is 419 g/mol. The molecule has 28 heavy (non-hydrogen) atoms. The standard InChI is InChI=1S/C20H16ClFN2O3S/c21-15-5-1-14(2-6-15)12-18(25)23-9-10-24-19(26)17(28-20(24)27)11-13-3-7-16(22)8-4-13/h1-8,11H,9-10,12H2,(H,23,25)/b17-11-. The van der Waals surface area contributed by atoms with Gasteiger partial charge in [0.1, 0.15) is 5.82 Å². The Morgan fingerprint density at radius 2 is 1.79 bits per heavy atom. The number of hydrogen-bond donors (Lipinski definition) is 1. The number of halogens is 2. The van der Waals surface area contributed by atoms with Crippen LogP contribution < -0.4 is 5.32 Å². The molecular formula is C20H16ClFN2O3S. The second-order valence-electron chi connectivity index (χ2n) is 6.04. The van der Waals surface area contributed by atoms with Crippen molar-refractivity contribution in [1.82, 2.24) is 10.2 Å². The third-order valence-electron chi connectivity index (χ3n) is 3.98. The molecule has 1 saturated heterocycles. The van der Waals surface area contributed by atoms with Gasteiger partial charge in [-0.05, 0) is 53.2 Å². The molecule has 0 spiro atoms. The lowest BCUT2D eigenvalue weighted by molar-refractivity contribution is -0.124. The molecule has 3 rings (SSSR count). The van der Waals surface area contributed by atoms with Crippen molar-refractivity contribution in [1.29, 1.82) is 0 Å². The van der Waals surface area contributed by atoms with Crippen LogP contribution in [-0.2, 0) is 16.0 Å². The normalized spacial score (nSPS) is 15.4. The summed E-state index contributed by atoms with van der Waals surface area (Å²) in [4.78, 5) is 37.8. The molecule has 1 N–H and O–H groups in total. The number of nitrogens with zero attached hydrogens (tertiary/aromatic N) is 1. The fourth-order valence-corrected chi connectivity index (χ4v) is 3.55. The van der Waals surface area contributed by atoms with Crippen molar-refractivity contribution in [2.24, 2.45) is 0 Å². The Kier molecular flexibility index (Phi) is 6.49. The number of carbonyl (C=O) groups excluding carboxylic acids is 3. The van der Waals surface area contributed by atoms with Gasteiger partial charge in [-0.25, -0.2) is 4.39 Å². The first-order chi connectivity index (χ1) is 13.4. The summed E-state index contributed by atoms with van der Waals surface area (Å²) >= 11 is 6.63. The van der Waals surface area contributed by atoms with Crippen LogP contribution in [0.5, 0.6) is 0 Å². The van der Waals surface area contributed by atoms with E-state index in [2.05, 4.69) is 5.32 Å². The molecule has 0 unspecified atom stereocenters. The van der Waals surface area contributed by atoms with Gasteiger partial charge < -0.3 is 5.32 Å². The van der Waals surface area contributed by atoms with Crippen LogP contribution in [0.15, 0.2) is 53.4 Å². The summed E-state index contributed by atoms with van der Waals surface area (Å²) in [5, 5.41) is 2.89. The molecule has 1 heterocycles. The van der Waals surface area contributed by atoms with Crippen LogP contribution in [0.2, 0.25) is 5.02 Å². The Labute approximate surface area is 170 Å². The Hall–Kier alpha value is -2.64. The molecule has 8 heteroatoms. The van der Waals surface area contributed by atoms with E-state index in [0.717, 1.165) is 22.2 Å². The Balaban J connectivity index is 1.52. The van der Waals surface area contributed by atoms with Crippen molar-refractivity contribution in [2.45, 2.75) is 6.42 Å². The van der Waals surface area contributed by atoms with Crippen molar-refractivity contribution in [3.05, 3.63) is 75.4 Å². The zero-order valence-electron chi connectivity index (χ0n) is 14.7. The van der Waals surface area contributed by atoms with Crippen LogP contribution >= 0.6 is 23.4 Å².